The van der Waals surface area contributed by atoms with Crippen molar-refractivity contribution in [2.45, 2.75) is 75.5 Å². The summed E-state index contributed by atoms with van der Waals surface area (Å²) in [6, 6.07) is 1.79. The number of morpholine rings is 1. The highest BCUT2D eigenvalue weighted by Crippen LogP contribution is 2.46. The first-order chi connectivity index (χ1) is 18.9. The second kappa shape index (κ2) is 8.59. The Morgan fingerprint density at radius 2 is 2.08 bits per heavy atom. The molecule has 9 nitrogen and oxygen atoms in total. The highest BCUT2D eigenvalue weighted by atomic mass is 35.5. The van der Waals surface area contributed by atoms with Crippen LogP contribution in [0.5, 0.6) is 0 Å². The molecule has 1 N–H and O–H groups in total. The van der Waals surface area contributed by atoms with Crippen LogP contribution in [0.3, 0.4) is 0 Å². The molecular formula is C28H28ClN5O4S. The van der Waals surface area contributed by atoms with Gasteiger partial charge in [-0.1, -0.05) is 24.4 Å². The van der Waals surface area contributed by atoms with Crippen LogP contribution in [0, 0.1) is 5.92 Å². The van der Waals surface area contributed by atoms with Gasteiger partial charge in [0.1, 0.15) is 28.4 Å². The lowest BCUT2D eigenvalue weighted by Crippen LogP contribution is -2.45. The monoisotopic (exact) mass is 565 g/mol. The molecule has 1 saturated carbocycles. The molecule has 2 bridgehead atoms. The van der Waals surface area contributed by atoms with Crippen LogP contribution in [-0.4, -0.2) is 56.4 Å². The molecule has 1 amide bonds. The number of aryl methyl sites for hydroxylation is 1. The Labute approximate surface area is 233 Å². The fourth-order valence-corrected chi connectivity index (χ4v) is 9.29. The van der Waals surface area contributed by atoms with E-state index in [1.807, 2.05) is 4.90 Å². The maximum atomic E-state index is 13.8. The molecule has 1 spiro atoms. The number of hydrogen-bond donors (Lipinski definition) is 1. The molecule has 2 aliphatic carbocycles. The largest absolute Gasteiger partial charge is 0.374 e. The van der Waals surface area contributed by atoms with Crippen molar-refractivity contribution in [3.63, 3.8) is 0 Å². The maximum Gasteiger partial charge on any atom is 0.275 e. The van der Waals surface area contributed by atoms with Crippen molar-refractivity contribution in [1.29, 1.82) is 0 Å². The summed E-state index contributed by atoms with van der Waals surface area (Å²) >= 11 is 8.22. The summed E-state index contributed by atoms with van der Waals surface area (Å²) in [6.45, 7) is 1.37. The van der Waals surface area contributed by atoms with Crippen LogP contribution in [0.25, 0.3) is 10.2 Å². The number of anilines is 2. The molecule has 8 rings (SSSR count). The van der Waals surface area contributed by atoms with Gasteiger partial charge in [-0.25, -0.2) is 9.97 Å². The second-order valence-electron chi connectivity index (χ2n) is 11.7. The molecule has 0 aromatic carbocycles. The number of nitrogens with zero attached hydrogens (tertiary/aromatic N) is 4. The van der Waals surface area contributed by atoms with Crippen molar-refractivity contribution in [2.24, 2.45) is 5.92 Å². The average molecular weight is 566 g/mol. The third-order valence-electron chi connectivity index (χ3n) is 9.55. The molecule has 3 aromatic rings. The number of ether oxygens (including phenoxy) is 1. The molecule has 0 unspecified atom stereocenters. The minimum absolute atomic E-state index is 0.0328. The SMILES string of the molecule is O=C1CC2(CCCC2)n2c1c(Cl)cc(Nc1ncnc3sc4c(c13)CC[C@H](C(=O)N1C[C@H]3C[C@@H]1CO3)C4)c2=O. The van der Waals surface area contributed by atoms with Crippen LogP contribution < -0.4 is 10.9 Å². The second-order valence-corrected chi connectivity index (χ2v) is 13.2. The molecule has 39 heavy (non-hydrogen) atoms. The van der Waals surface area contributed by atoms with Gasteiger partial charge in [-0.2, -0.15) is 0 Å². The Morgan fingerprint density at radius 3 is 2.85 bits per heavy atom. The molecule has 3 aromatic heterocycles. The zero-order valence-corrected chi connectivity index (χ0v) is 22.9. The van der Waals surface area contributed by atoms with Crippen molar-refractivity contribution in [1.82, 2.24) is 19.4 Å². The summed E-state index contributed by atoms with van der Waals surface area (Å²) in [5.74, 6) is 0.721. The quantitative estimate of drug-likeness (QED) is 0.507. The van der Waals surface area contributed by atoms with Gasteiger partial charge in [-0.05, 0) is 50.2 Å². The Hall–Kier alpha value is -2.82. The van der Waals surface area contributed by atoms with E-state index in [4.69, 9.17) is 16.3 Å². The van der Waals surface area contributed by atoms with E-state index in [1.54, 1.807) is 22.0 Å². The van der Waals surface area contributed by atoms with Gasteiger partial charge in [-0.15, -0.1) is 11.3 Å². The van der Waals surface area contributed by atoms with Crippen LogP contribution in [0.4, 0.5) is 11.5 Å². The number of rotatable bonds is 3. The number of carbonyl (C=O) groups excluding carboxylic acids is 2. The molecule has 6 heterocycles. The van der Waals surface area contributed by atoms with Gasteiger partial charge in [0.25, 0.3) is 5.56 Å². The number of halogens is 1. The van der Waals surface area contributed by atoms with Crippen molar-refractivity contribution in [3.05, 3.63) is 43.9 Å². The van der Waals surface area contributed by atoms with Crippen LogP contribution in [0.1, 0.15) is 65.9 Å². The minimum Gasteiger partial charge on any atom is -0.374 e. The van der Waals surface area contributed by atoms with E-state index in [-0.39, 0.29) is 35.3 Å². The highest BCUT2D eigenvalue weighted by Gasteiger charge is 2.47. The van der Waals surface area contributed by atoms with Crippen LogP contribution in [0.2, 0.25) is 5.02 Å². The summed E-state index contributed by atoms with van der Waals surface area (Å²) in [5, 5.41) is 4.48. The number of carbonyl (C=O) groups is 2. The Bertz CT molecular complexity index is 1630. The van der Waals surface area contributed by atoms with Gasteiger partial charge < -0.3 is 15.0 Å². The third-order valence-corrected chi connectivity index (χ3v) is 11.0. The normalized spacial score (nSPS) is 26.5. The summed E-state index contributed by atoms with van der Waals surface area (Å²) in [6.07, 6.45) is 8.85. The number of nitrogens with one attached hydrogen (secondary N) is 1. The van der Waals surface area contributed by atoms with E-state index in [0.29, 0.717) is 48.2 Å². The van der Waals surface area contributed by atoms with E-state index < -0.39 is 5.54 Å². The lowest BCUT2D eigenvalue weighted by Gasteiger charge is -2.32. The number of ketones is 1. The van der Waals surface area contributed by atoms with E-state index in [9.17, 15) is 14.4 Å². The topological polar surface area (TPSA) is 106 Å². The number of thiophene rings is 1. The first-order valence-electron chi connectivity index (χ1n) is 13.9. The molecule has 2 saturated heterocycles. The van der Waals surface area contributed by atoms with E-state index in [0.717, 1.165) is 65.6 Å². The van der Waals surface area contributed by atoms with Crippen LogP contribution in [-0.2, 0) is 27.9 Å². The number of Topliss-reactive ketones (excluding diaryl/α,β-unsaturated/α-hetero) is 1. The number of hydrogen-bond acceptors (Lipinski definition) is 8. The van der Waals surface area contributed by atoms with E-state index >= 15 is 0 Å². The lowest BCUT2D eigenvalue weighted by molar-refractivity contribution is -0.140. The molecular weight excluding hydrogens is 538 g/mol. The standard InChI is InChI=1S/C28H28ClN5O4S/c29-18-9-19(27(37)34-23(18)20(35)10-28(34)5-1-2-6-28)32-24-22-17-4-3-14(7-21(17)39-25(22)31-13-30-24)26(36)33-11-16-8-15(33)12-38-16/h9,13-16H,1-8,10-12H2,(H,30,31,32)/t14-,15+,16+/m0/s1. The molecule has 0 radical (unpaired) electrons. The smallest absolute Gasteiger partial charge is 0.275 e. The number of amides is 1. The summed E-state index contributed by atoms with van der Waals surface area (Å²) < 4.78 is 7.36. The van der Waals surface area contributed by atoms with Crippen molar-refractivity contribution in [2.75, 3.05) is 18.5 Å². The van der Waals surface area contributed by atoms with Gasteiger partial charge in [0.2, 0.25) is 5.91 Å². The number of fused-ring (bicyclic) bond motifs is 7. The number of pyridine rings is 1. The number of aromatic nitrogens is 3. The molecule has 5 aliphatic rings. The Balaban J connectivity index is 1.13. The summed E-state index contributed by atoms with van der Waals surface area (Å²) in [5.41, 5.74) is 1.12. The maximum absolute atomic E-state index is 13.8. The van der Waals surface area contributed by atoms with Gasteiger partial charge >= 0.3 is 0 Å². The van der Waals surface area contributed by atoms with E-state index in [2.05, 4.69) is 15.3 Å². The predicted molar refractivity (Wildman–Crippen MR) is 147 cm³/mol. The van der Waals surface area contributed by atoms with Crippen LogP contribution in [0.15, 0.2) is 17.2 Å². The van der Waals surface area contributed by atoms with Crippen molar-refractivity contribution in [3.8, 4) is 0 Å². The van der Waals surface area contributed by atoms with E-state index in [1.165, 1.54) is 6.33 Å². The molecule has 3 aliphatic heterocycles. The molecule has 3 fully saturated rings. The van der Waals surface area contributed by atoms with Crippen molar-refractivity contribution >= 4 is 56.4 Å². The molecule has 3 atom stereocenters. The van der Waals surface area contributed by atoms with Gasteiger partial charge in [-0.3, -0.25) is 19.0 Å². The third kappa shape index (κ3) is 3.50. The average Bonchev–Trinajstić information content (AvgIpc) is 3.75. The minimum atomic E-state index is -0.462. The Kier molecular flexibility index (Phi) is 5.29. The molecule has 202 valence electrons. The highest BCUT2D eigenvalue weighted by molar-refractivity contribution is 7.19. The lowest BCUT2D eigenvalue weighted by atomic mass is 9.86. The zero-order chi connectivity index (χ0) is 26.5. The first-order valence-corrected chi connectivity index (χ1v) is 15.0. The summed E-state index contributed by atoms with van der Waals surface area (Å²) in [7, 11) is 0. The van der Waals surface area contributed by atoms with Crippen LogP contribution >= 0.6 is 22.9 Å². The van der Waals surface area contributed by atoms with Crippen molar-refractivity contribution < 1.29 is 14.3 Å². The molecule has 11 heteroatoms. The Morgan fingerprint density at radius 1 is 1.23 bits per heavy atom. The van der Waals surface area contributed by atoms with Gasteiger partial charge in [0.15, 0.2) is 5.78 Å². The van der Waals surface area contributed by atoms with Gasteiger partial charge in [0.05, 0.1) is 34.7 Å². The van der Waals surface area contributed by atoms with Gasteiger partial charge in [0, 0.05) is 23.8 Å². The summed E-state index contributed by atoms with van der Waals surface area (Å²) in [4.78, 5) is 53.1. The fraction of sp³-hybridized carbons (Fsp3) is 0.536. The fourth-order valence-electron chi connectivity index (χ4n) is 7.73. The number of likely N-dealkylation sites (tertiary alicyclic amines) is 1. The zero-order valence-electron chi connectivity index (χ0n) is 21.4. The predicted octanol–water partition coefficient (Wildman–Crippen LogP) is 4.21. The first kappa shape index (κ1) is 24.0.